The number of hydrogen-bond acceptors (Lipinski definition) is 4. The Morgan fingerprint density at radius 1 is 1.06 bits per heavy atom. The first-order valence-corrected chi connectivity index (χ1v) is 5.75. The molecule has 0 unspecified atom stereocenters. The summed E-state index contributed by atoms with van der Waals surface area (Å²) in [4.78, 5) is 10.5. The number of ether oxygens (including phenoxy) is 1. The average molecular weight is 242 g/mol. The topological polar surface area (TPSA) is 52.1 Å². The first kappa shape index (κ1) is 12.2. The molecule has 0 aliphatic heterocycles. The highest BCUT2D eigenvalue weighted by Gasteiger charge is 2.02. The molecule has 0 bridgehead atoms. The van der Waals surface area contributed by atoms with Crippen molar-refractivity contribution in [1.29, 1.82) is 0 Å². The smallest absolute Gasteiger partial charge is 0.170 e. The van der Waals surface area contributed by atoms with Gasteiger partial charge in [-0.25, -0.2) is 0 Å². The fourth-order valence-electron chi connectivity index (χ4n) is 1.54. The fraction of sp³-hybridized carbons (Fsp3) is 0.214. The van der Waals surface area contributed by atoms with Crippen LogP contribution in [0.2, 0.25) is 0 Å². The van der Waals surface area contributed by atoms with Gasteiger partial charge in [0.25, 0.3) is 0 Å². The second-order valence-electron chi connectivity index (χ2n) is 4.15. The van der Waals surface area contributed by atoms with Crippen molar-refractivity contribution in [3.63, 3.8) is 0 Å². The van der Waals surface area contributed by atoms with Gasteiger partial charge in [0, 0.05) is 5.56 Å². The van der Waals surface area contributed by atoms with E-state index in [1.54, 1.807) is 12.1 Å². The van der Waals surface area contributed by atoms with Crippen LogP contribution in [0.5, 0.6) is 5.75 Å². The Bertz CT molecular complexity index is 518. The fourth-order valence-corrected chi connectivity index (χ4v) is 1.54. The van der Waals surface area contributed by atoms with E-state index in [9.17, 15) is 4.79 Å². The molecule has 4 heteroatoms. The standard InChI is InChI=1S/C14H14N2O2/c1-10(2)18-13-6-3-11(4-7-13)14-8-5-12(9-17)15-16-14/h3-10H,1-2H3. The lowest BCUT2D eigenvalue weighted by Crippen LogP contribution is -2.05. The predicted molar refractivity (Wildman–Crippen MR) is 68.6 cm³/mol. The Hall–Kier alpha value is -2.23. The highest BCUT2D eigenvalue weighted by Crippen LogP contribution is 2.20. The first-order chi connectivity index (χ1) is 8.69. The predicted octanol–water partition coefficient (Wildman–Crippen LogP) is 2.74. The molecule has 1 aromatic heterocycles. The Labute approximate surface area is 106 Å². The zero-order valence-electron chi connectivity index (χ0n) is 10.3. The van der Waals surface area contributed by atoms with Crippen LogP contribution >= 0.6 is 0 Å². The van der Waals surface area contributed by atoms with E-state index in [-0.39, 0.29) is 6.10 Å². The molecule has 0 radical (unpaired) electrons. The zero-order valence-corrected chi connectivity index (χ0v) is 10.3. The molecule has 2 rings (SSSR count). The van der Waals surface area contributed by atoms with Gasteiger partial charge in [-0.05, 0) is 50.2 Å². The van der Waals surface area contributed by atoms with E-state index in [1.165, 1.54) is 0 Å². The van der Waals surface area contributed by atoms with E-state index >= 15 is 0 Å². The molecule has 0 saturated carbocycles. The maximum Gasteiger partial charge on any atom is 0.170 e. The van der Waals surface area contributed by atoms with Crippen LogP contribution < -0.4 is 4.74 Å². The summed E-state index contributed by atoms with van der Waals surface area (Å²) in [5.41, 5.74) is 2.01. The minimum absolute atomic E-state index is 0.155. The Morgan fingerprint density at radius 2 is 1.78 bits per heavy atom. The number of aromatic nitrogens is 2. The molecule has 92 valence electrons. The Balaban J connectivity index is 2.20. The van der Waals surface area contributed by atoms with Crippen LogP contribution in [0.25, 0.3) is 11.3 Å². The number of benzene rings is 1. The molecule has 4 nitrogen and oxygen atoms in total. The molecule has 0 aliphatic carbocycles. The van der Waals surface area contributed by atoms with Crippen molar-refractivity contribution in [3.8, 4) is 17.0 Å². The Kier molecular flexibility index (Phi) is 3.67. The zero-order chi connectivity index (χ0) is 13.0. The lowest BCUT2D eigenvalue weighted by atomic mass is 10.1. The average Bonchev–Trinajstić information content (AvgIpc) is 2.39. The minimum atomic E-state index is 0.155. The minimum Gasteiger partial charge on any atom is -0.491 e. The molecular weight excluding hydrogens is 228 g/mol. The van der Waals surface area contributed by atoms with Gasteiger partial charge >= 0.3 is 0 Å². The van der Waals surface area contributed by atoms with Crippen LogP contribution in [-0.4, -0.2) is 22.6 Å². The van der Waals surface area contributed by atoms with Crippen molar-refractivity contribution >= 4 is 6.29 Å². The number of carbonyl (C=O) groups is 1. The molecule has 1 heterocycles. The molecule has 0 atom stereocenters. The number of rotatable bonds is 4. The number of nitrogens with zero attached hydrogens (tertiary/aromatic N) is 2. The summed E-state index contributed by atoms with van der Waals surface area (Å²) in [5.74, 6) is 0.825. The van der Waals surface area contributed by atoms with Gasteiger partial charge in [-0.2, -0.15) is 0 Å². The maximum absolute atomic E-state index is 10.5. The molecule has 0 spiro atoms. The summed E-state index contributed by atoms with van der Waals surface area (Å²) in [6, 6.07) is 11.0. The molecular formula is C14H14N2O2. The van der Waals surface area contributed by atoms with Crippen LogP contribution in [0.1, 0.15) is 24.3 Å². The molecule has 0 N–H and O–H groups in total. The monoisotopic (exact) mass is 242 g/mol. The Morgan fingerprint density at radius 3 is 2.28 bits per heavy atom. The van der Waals surface area contributed by atoms with Crippen molar-refractivity contribution < 1.29 is 9.53 Å². The molecule has 0 fully saturated rings. The van der Waals surface area contributed by atoms with Gasteiger partial charge in [0.1, 0.15) is 11.4 Å². The lowest BCUT2D eigenvalue weighted by Gasteiger charge is -2.09. The van der Waals surface area contributed by atoms with Crippen LogP contribution in [0.15, 0.2) is 36.4 Å². The van der Waals surface area contributed by atoms with E-state index < -0.39 is 0 Å². The second-order valence-corrected chi connectivity index (χ2v) is 4.15. The van der Waals surface area contributed by atoms with Gasteiger partial charge in [0.15, 0.2) is 6.29 Å². The molecule has 0 amide bonds. The quantitative estimate of drug-likeness (QED) is 0.773. The third kappa shape index (κ3) is 2.91. The van der Waals surface area contributed by atoms with E-state index in [2.05, 4.69) is 10.2 Å². The lowest BCUT2D eigenvalue weighted by molar-refractivity contribution is 0.111. The van der Waals surface area contributed by atoms with E-state index in [0.717, 1.165) is 17.0 Å². The summed E-state index contributed by atoms with van der Waals surface area (Å²) in [6.07, 6.45) is 0.832. The maximum atomic E-state index is 10.5. The van der Waals surface area contributed by atoms with Crippen molar-refractivity contribution in [3.05, 3.63) is 42.1 Å². The van der Waals surface area contributed by atoms with Gasteiger partial charge in [0.05, 0.1) is 11.8 Å². The summed E-state index contributed by atoms with van der Waals surface area (Å²) in [6.45, 7) is 3.97. The van der Waals surface area contributed by atoms with Gasteiger partial charge in [0.2, 0.25) is 0 Å². The molecule has 2 aromatic rings. The van der Waals surface area contributed by atoms with Crippen molar-refractivity contribution in [1.82, 2.24) is 10.2 Å². The van der Waals surface area contributed by atoms with Gasteiger partial charge < -0.3 is 4.74 Å². The first-order valence-electron chi connectivity index (χ1n) is 5.75. The third-order valence-electron chi connectivity index (χ3n) is 2.33. The van der Waals surface area contributed by atoms with Crippen LogP contribution in [0.4, 0.5) is 0 Å². The van der Waals surface area contributed by atoms with Crippen molar-refractivity contribution in [2.45, 2.75) is 20.0 Å². The van der Waals surface area contributed by atoms with E-state index in [0.29, 0.717) is 12.0 Å². The summed E-state index contributed by atoms with van der Waals surface area (Å²) in [5, 5.41) is 7.78. The number of aldehydes is 1. The molecule has 0 saturated heterocycles. The molecule has 0 aliphatic rings. The largest absolute Gasteiger partial charge is 0.491 e. The summed E-state index contributed by atoms with van der Waals surface area (Å²) >= 11 is 0. The van der Waals surface area contributed by atoms with Crippen LogP contribution in [0, 0.1) is 0 Å². The summed E-state index contributed by atoms with van der Waals surface area (Å²) in [7, 11) is 0. The van der Waals surface area contributed by atoms with Crippen LogP contribution in [0.3, 0.4) is 0 Å². The van der Waals surface area contributed by atoms with E-state index in [1.807, 2.05) is 38.1 Å². The third-order valence-corrected chi connectivity index (χ3v) is 2.33. The molecule has 18 heavy (non-hydrogen) atoms. The van der Waals surface area contributed by atoms with E-state index in [4.69, 9.17) is 4.74 Å². The second kappa shape index (κ2) is 5.40. The highest BCUT2D eigenvalue weighted by atomic mass is 16.5. The van der Waals surface area contributed by atoms with Gasteiger partial charge in [-0.3, -0.25) is 4.79 Å². The number of carbonyl (C=O) groups excluding carboxylic acids is 1. The van der Waals surface area contributed by atoms with Gasteiger partial charge in [-0.1, -0.05) is 0 Å². The normalized spacial score (nSPS) is 10.4. The molecule has 1 aromatic carbocycles. The van der Waals surface area contributed by atoms with Crippen LogP contribution in [-0.2, 0) is 0 Å². The van der Waals surface area contributed by atoms with Crippen molar-refractivity contribution in [2.75, 3.05) is 0 Å². The highest BCUT2D eigenvalue weighted by molar-refractivity contribution is 5.72. The van der Waals surface area contributed by atoms with Crippen molar-refractivity contribution in [2.24, 2.45) is 0 Å². The van der Waals surface area contributed by atoms with Gasteiger partial charge in [-0.15, -0.1) is 10.2 Å². The number of hydrogen-bond donors (Lipinski definition) is 0. The summed E-state index contributed by atoms with van der Waals surface area (Å²) < 4.78 is 5.56. The SMILES string of the molecule is CC(C)Oc1ccc(-c2ccc(C=O)nn2)cc1.